The third kappa shape index (κ3) is 11.3. The first-order valence-electron chi connectivity index (χ1n) is 5.85. The SMILES string of the molecule is COCCOCC(COCCC#N)OCCC#N. The number of hydrogen-bond acceptors (Lipinski definition) is 6. The smallest absolute Gasteiger partial charge is 0.104 e. The summed E-state index contributed by atoms with van der Waals surface area (Å²) in [5.41, 5.74) is 0. The molecule has 0 rings (SSSR count). The van der Waals surface area contributed by atoms with Crippen LogP contribution in [0, 0.1) is 22.7 Å². The minimum absolute atomic E-state index is 0.214. The Balaban J connectivity index is 3.70. The Morgan fingerprint density at radius 2 is 1.50 bits per heavy atom. The Labute approximate surface area is 108 Å². The van der Waals surface area contributed by atoms with Gasteiger partial charge >= 0.3 is 0 Å². The van der Waals surface area contributed by atoms with Crippen LogP contribution in [0.25, 0.3) is 0 Å². The van der Waals surface area contributed by atoms with E-state index in [9.17, 15) is 0 Å². The largest absolute Gasteiger partial charge is 0.382 e. The molecule has 0 bridgehead atoms. The topological polar surface area (TPSA) is 84.5 Å². The van der Waals surface area contributed by atoms with E-state index in [1.165, 1.54) is 0 Å². The Bertz CT molecular complexity index is 260. The van der Waals surface area contributed by atoms with Crippen LogP contribution in [0.2, 0.25) is 0 Å². The molecule has 0 saturated carbocycles. The molecule has 102 valence electrons. The van der Waals surface area contributed by atoms with Crippen molar-refractivity contribution in [3.05, 3.63) is 0 Å². The highest BCUT2D eigenvalue weighted by Gasteiger charge is 2.09. The molecule has 1 atom stereocenters. The van der Waals surface area contributed by atoms with Gasteiger partial charge in [0.25, 0.3) is 0 Å². The average molecular weight is 256 g/mol. The van der Waals surface area contributed by atoms with E-state index in [-0.39, 0.29) is 6.10 Å². The number of ether oxygens (including phenoxy) is 4. The third-order valence-electron chi connectivity index (χ3n) is 1.96. The first-order valence-corrected chi connectivity index (χ1v) is 5.85. The summed E-state index contributed by atoms with van der Waals surface area (Å²) < 4.78 is 20.9. The van der Waals surface area contributed by atoms with E-state index in [4.69, 9.17) is 29.5 Å². The molecular formula is C12H20N2O4. The summed E-state index contributed by atoms with van der Waals surface area (Å²) in [6.07, 6.45) is 0.483. The molecule has 0 aromatic heterocycles. The number of nitrogens with zero attached hydrogens (tertiary/aromatic N) is 2. The van der Waals surface area contributed by atoms with Crippen molar-refractivity contribution in [1.29, 1.82) is 10.5 Å². The molecule has 0 amide bonds. The zero-order valence-electron chi connectivity index (χ0n) is 10.8. The molecule has 6 heteroatoms. The molecule has 18 heavy (non-hydrogen) atoms. The van der Waals surface area contributed by atoms with Gasteiger partial charge in [-0.15, -0.1) is 0 Å². The van der Waals surface area contributed by atoms with Gasteiger partial charge in [-0.2, -0.15) is 10.5 Å². The molecule has 0 aromatic rings. The third-order valence-corrected chi connectivity index (χ3v) is 1.96. The van der Waals surface area contributed by atoms with E-state index in [1.807, 2.05) is 12.1 Å². The van der Waals surface area contributed by atoms with Crippen molar-refractivity contribution in [3.8, 4) is 12.1 Å². The average Bonchev–Trinajstić information content (AvgIpc) is 2.39. The fourth-order valence-corrected chi connectivity index (χ4v) is 1.11. The maximum absolute atomic E-state index is 8.43. The monoisotopic (exact) mass is 256 g/mol. The predicted octanol–water partition coefficient (Wildman–Crippen LogP) is 0.879. The number of rotatable bonds is 12. The highest BCUT2D eigenvalue weighted by Crippen LogP contribution is 1.97. The van der Waals surface area contributed by atoms with E-state index >= 15 is 0 Å². The van der Waals surface area contributed by atoms with Gasteiger partial charge in [0.05, 0.1) is 64.6 Å². The highest BCUT2D eigenvalue weighted by molar-refractivity contribution is 4.69. The van der Waals surface area contributed by atoms with E-state index in [2.05, 4.69) is 0 Å². The molecule has 0 aromatic carbocycles. The molecule has 0 aliphatic carbocycles. The lowest BCUT2D eigenvalue weighted by molar-refractivity contribution is -0.0631. The van der Waals surface area contributed by atoms with Gasteiger partial charge in [-0.05, 0) is 0 Å². The second-order valence-electron chi connectivity index (χ2n) is 3.45. The molecular weight excluding hydrogens is 236 g/mol. The van der Waals surface area contributed by atoms with Crippen molar-refractivity contribution in [2.75, 3.05) is 46.8 Å². The van der Waals surface area contributed by atoms with Crippen LogP contribution in [0.4, 0.5) is 0 Å². The van der Waals surface area contributed by atoms with Crippen molar-refractivity contribution < 1.29 is 18.9 Å². The first kappa shape index (κ1) is 16.8. The zero-order valence-corrected chi connectivity index (χ0v) is 10.8. The normalized spacial score (nSPS) is 11.7. The minimum atomic E-state index is -0.214. The summed E-state index contributed by atoms with van der Waals surface area (Å²) in [7, 11) is 1.61. The summed E-state index contributed by atoms with van der Waals surface area (Å²) in [5.74, 6) is 0. The Kier molecular flexibility index (Phi) is 13.0. The van der Waals surface area contributed by atoms with Gasteiger partial charge in [0.1, 0.15) is 6.10 Å². The lowest BCUT2D eigenvalue weighted by Gasteiger charge is -2.17. The van der Waals surface area contributed by atoms with Crippen molar-refractivity contribution in [3.63, 3.8) is 0 Å². The molecule has 1 unspecified atom stereocenters. The lowest BCUT2D eigenvalue weighted by atomic mass is 10.4. The quantitative estimate of drug-likeness (QED) is 0.482. The highest BCUT2D eigenvalue weighted by atomic mass is 16.6. The fraction of sp³-hybridized carbons (Fsp3) is 0.833. The molecule has 0 radical (unpaired) electrons. The predicted molar refractivity (Wildman–Crippen MR) is 63.7 cm³/mol. The van der Waals surface area contributed by atoms with Crippen LogP contribution in [0.3, 0.4) is 0 Å². The second kappa shape index (κ2) is 13.9. The van der Waals surface area contributed by atoms with Gasteiger partial charge in [-0.3, -0.25) is 0 Å². The Morgan fingerprint density at radius 3 is 2.11 bits per heavy atom. The van der Waals surface area contributed by atoms with Gasteiger partial charge in [-0.1, -0.05) is 0 Å². The number of methoxy groups -OCH3 is 1. The molecule has 6 nitrogen and oxygen atoms in total. The van der Waals surface area contributed by atoms with Crippen LogP contribution in [-0.2, 0) is 18.9 Å². The molecule has 0 fully saturated rings. The van der Waals surface area contributed by atoms with Crippen LogP contribution in [0.1, 0.15) is 12.8 Å². The zero-order chi connectivity index (χ0) is 13.5. The van der Waals surface area contributed by atoms with Gasteiger partial charge < -0.3 is 18.9 Å². The van der Waals surface area contributed by atoms with E-state index in [0.717, 1.165) is 0 Å². The van der Waals surface area contributed by atoms with Crippen LogP contribution < -0.4 is 0 Å². The maximum Gasteiger partial charge on any atom is 0.104 e. The van der Waals surface area contributed by atoms with E-state index < -0.39 is 0 Å². The van der Waals surface area contributed by atoms with Crippen molar-refractivity contribution in [2.45, 2.75) is 18.9 Å². The second-order valence-corrected chi connectivity index (χ2v) is 3.45. The van der Waals surface area contributed by atoms with E-state index in [1.54, 1.807) is 7.11 Å². The summed E-state index contributed by atoms with van der Waals surface area (Å²) in [6, 6.07) is 4.00. The molecule has 0 saturated heterocycles. The first-order chi connectivity index (χ1) is 8.85. The Morgan fingerprint density at radius 1 is 0.889 bits per heavy atom. The summed E-state index contributed by atoms with van der Waals surface area (Å²) in [6.45, 7) is 2.51. The molecule has 0 heterocycles. The Hall–Kier alpha value is -1.18. The van der Waals surface area contributed by atoms with E-state index in [0.29, 0.717) is 52.5 Å². The van der Waals surface area contributed by atoms with Crippen molar-refractivity contribution in [2.24, 2.45) is 0 Å². The minimum Gasteiger partial charge on any atom is -0.382 e. The standard InChI is InChI=1S/C12H20N2O4/c1-15-8-9-17-11-12(18-7-3-5-14)10-16-6-2-4-13/h12H,2-3,6-11H2,1H3. The van der Waals surface area contributed by atoms with Crippen LogP contribution >= 0.6 is 0 Å². The van der Waals surface area contributed by atoms with Gasteiger partial charge in [0, 0.05) is 7.11 Å². The van der Waals surface area contributed by atoms with Crippen molar-refractivity contribution >= 4 is 0 Å². The summed E-state index contributed by atoms with van der Waals surface area (Å²) in [5, 5.41) is 16.8. The summed E-state index contributed by atoms with van der Waals surface area (Å²) >= 11 is 0. The van der Waals surface area contributed by atoms with Crippen LogP contribution in [0.5, 0.6) is 0 Å². The fourth-order valence-electron chi connectivity index (χ4n) is 1.11. The molecule has 0 spiro atoms. The van der Waals surface area contributed by atoms with Crippen molar-refractivity contribution in [1.82, 2.24) is 0 Å². The molecule has 0 N–H and O–H groups in total. The number of nitriles is 2. The van der Waals surface area contributed by atoms with Crippen LogP contribution in [-0.4, -0.2) is 52.9 Å². The molecule has 0 aliphatic rings. The van der Waals surface area contributed by atoms with Crippen LogP contribution in [0.15, 0.2) is 0 Å². The van der Waals surface area contributed by atoms with Gasteiger partial charge in [0.2, 0.25) is 0 Å². The van der Waals surface area contributed by atoms with Gasteiger partial charge in [0.15, 0.2) is 0 Å². The maximum atomic E-state index is 8.43. The number of hydrogen-bond donors (Lipinski definition) is 0. The summed E-state index contributed by atoms with van der Waals surface area (Å²) in [4.78, 5) is 0. The molecule has 0 aliphatic heterocycles. The lowest BCUT2D eigenvalue weighted by Crippen LogP contribution is -2.27. The van der Waals surface area contributed by atoms with Gasteiger partial charge in [-0.25, -0.2) is 0 Å².